The SMILES string of the molecule is c1ccc(-c2ccccc2N(c2ccc(-c3cccc(-c4cccc5ccccc45)c3)cc2)c2ccccc2-c2cccc3sc4ccccc4c23)cc1. The Morgan fingerprint density at radius 2 is 0.870 bits per heavy atom. The molecule has 0 aliphatic carbocycles. The van der Waals surface area contributed by atoms with Gasteiger partial charge in [0.05, 0.1) is 11.4 Å². The Labute approximate surface area is 319 Å². The van der Waals surface area contributed by atoms with Gasteiger partial charge in [-0.05, 0) is 86.6 Å². The van der Waals surface area contributed by atoms with E-state index in [0.717, 1.165) is 17.1 Å². The van der Waals surface area contributed by atoms with Crippen LogP contribution in [0.4, 0.5) is 17.1 Å². The van der Waals surface area contributed by atoms with Gasteiger partial charge in [0.2, 0.25) is 0 Å². The first kappa shape index (κ1) is 32.0. The number of rotatable bonds is 7. The van der Waals surface area contributed by atoms with Crippen molar-refractivity contribution in [2.75, 3.05) is 4.90 Å². The van der Waals surface area contributed by atoms with E-state index in [9.17, 15) is 0 Å². The third-order valence-corrected chi connectivity index (χ3v) is 11.6. The second-order valence-electron chi connectivity index (χ2n) is 13.7. The van der Waals surface area contributed by atoms with Crippen LogP contribution in [0, 0.1) is 0 Å². The molecule has 1 nitrogen and oxygen atoms in total. The maximum absolute atomic E-state index is 2.45. The Morgan fingerprint density at radius 3 is 1.72 bits per heavy atom. The molecule has 0 aliphatic heterocycles. The molecule has 0 spiro atoms. The molecule has 2 heteroatoms. The number of hydrogen-bond donors (Lipinski definition) is 0. The lowest BCUT2D eigenvalue weighted by molar-refractivity contribution is 1.28. The van der Waals surface area contributed by atoms with Crippen LogP contribution in [0.3, 0.4) is 0 Å². The first-order valence-corrected chi connectivity index (χ1v) is 19.2. The van der Waals surface area contributed by atoms with E-state index in [1.165, 1.54) is 75.5 Å². The predicted octanol–water partition coefficient (Wildman–Crippen LogP) is 15.3. The van der Waals surface area contributed by atoms with Gasteiger partial charge in [-0.15, -0.1) is 11.3 Å². The minimum atomic E-state index is 1.10. The van der Waals surface area contributed by atoms with Crippen molar-refractivity contribution in [3.8, 4) is 44.5 Å². The summed E-state index contributed by atoms with van der Waals surface area (Å²) in [6, 6.07) is 77.1. The van der Waals surface area contributed by atoms with Crippen LogP contribution in [-0.2, 0) is 0 Å². The predicted molar refractivity (Wildman–Crippen MR) is 233 cm³/mol. The standard InChI is InChI=1S/C52H35NS/c1-2-15-38(16-3-1)44-22-6-9-27-48(44)53(49-28-10-7-23-45(49)46-26-14-30-51-52(46)47-24-8-11-29-50(47)54-51)41-33-31-36(32-34-41)39-19-12-20-40(35-39)43-25-13-18-37-17-4-5-21-42(37)43/h1-35H. The minimum Gasteiger partial charge on any atom is -0.309 e. The zero-order valence-electron chi connectivity index (χ0n) is 29.6. The molecule has 0 radical (unpaired) electrons. The maximum Gasteiger partial charge on any atom is 0.0540 e. The fourth-order valence-corrected chi connectivity index (χ4v) is 9.11. The first-order chi connectivity index (χ1) is 26.8. The van der Waals surface area contributed by atoms with Crippen molar-refractivity contribution in [3.05, 3.63) is 212 Å². The second kappa shape index (κ2) is 13.7. The van der Waals surface area contributed by atoms with E-state index in [1.54, 1.807) is 0 Å². The number of anilines is 3. The Morgan fingerprint density at radius 1 is 0.315 bits per heavy atom. The Bertz CT molecular complexity index is 2930. The van der Waals surface area contributed by atoms with Gasteiger partial charge in [0.25, 0.3) is 0 Å². The monoisotopic (exact) mass is 705 g/mol. The van der Waals surface area contributed by atoms with Crippen molar-refractivity contribution in [3.63, 3.8) is 0 Å². The lowest BCUT2D eigenvalue weighted by Crippen LogP contribution is -2.12. The fraction of sp³-hybridized carbons (Fsp3) is 0. The van der Waals surface area contributed by atoms with Crippen molar-refractivity contribution >= 4 is 59.3 Å². The summed E-state index contributed by atoms with van der Waals surface area (Å²) in [6.45, 7) is 0. The molecule has 10 aromatic rings. The lowest BCUT2D eigenvalue weighted by Gasteiger charge is -2.30. The van der Waals surface area contributed by atoms with E-state index in [1.807, 2.05) is 11.3 Å². The molecular formula is C52H35NS. The number of hydrogen-bond acceptors (Lipinski definition) is 2. The number of thiophene rings is 1. The zero-order chi connectivity index (χ0) is 35.8. The molecule has 10 rings (SSSR count). The van der Waals surface area contributed by atoms with Crippen LogP contribution in [0.5, 0.6) is 0 Å². The van der Waals surface area contributed by atoms with Crippen LogP contribution >= 0.6 is 11.3 Å². The summed E-state index contributed by atoms with van der Waals surface area (Å²) in [5.74, 6) is 0. The highest BCUT2D eigenvalue weighted by atomic mass is 32.1. The average Bonchev–Trinajstić information content (AvgIpc) is 3.64. The van der Waals surface area contributed by atoms with E-state index >= 15 is 0 Å². The van der Waals surface area contributed by atoms with Crippen molar-refractivity contribution < 1.29 is 0 Å². The lowest BCUT2D eigenvalue weighted by atomic mass is 9.94. The molecule has 0 saturated carbocycles. The van der Waals surface area contributed by atoms with Gasteiger partial charge in [0, 0.05) is 37.0 Å². The van der Waals surface area contributed by atoms with E-state index in [2.05, 4.69) is 217 Å². The molecule has 1 heterocycles. The summed E-state index contributed by atoms with van der Waals surface area (Å²) < 4.78 is 2.61. The summed E-state index contributed by atoms with van der Waals surface area (Å²) in [4.78, 5) is 2.45. The Balaban J connectivity index is 1.14. The van der Waals surface area contributed by atoms with Crippen molar-refractivity contribution in [2.45, 2.75) is 0 Å². The third-order valence-electron chi connectivity index (χ3n) is 10.5. The summed E-state index contributed by atoms with van der Waals surface area (Å²) >= 11 is 1.86. The van der Waals surface area contributed by atoms with Gasteiger partial charge in [0.1, 0.15) is 0 Å². The van der Waals surface area contributed by atoms with Gasteiger partial charge in [-0.3, -0.25) is 0 Å². The van der Waals surface area contributed by atoms with Gasteiger partial charge in [-0.25, -0.2) is 0 Å². The van der Waals surface area contributed by atoms with Crippen molar-refractivity contribution in [2.24, 2.45) is 0 Å². The third kappa shape index (κ3) is 5.65. The van der Waals surface area contributed by atoms with Gasteiger partial charge in [-0.1, -0.05) is 170 Å². The molecule has 0 saturated heterocycles. The van der Waals surface area contributed by atoms with Crippen LogP contribution in [-0.4, -0.2) is 0 Å². The molecule has 0 aliphatic rings. The minimum absolute atomic E-state index is 1.10. The summed E-state index contributed by atoms with van der Waals surface area (Å²) in [5.41, 5.74) is 13.0. The first-order valence-electron chi connectivity index (χ1n) is 18.4. The van der Waals surface area contributed by atoms with Gasteiger partial charge in [0.15, 0.2) is 0 Å². The summed E-state index contributed by atoms with van der Waals surface area (Å²) in [6.07, 6.45) is 0. The molecule has 0 N–H and O–H groups in total. The molecule has 0 bridgehead atoms. The topological polar surface area (TPSA) is 3.24 Å². The number of para-hydroxylation sites is 2. The molecule has 0 unspecified atom stereocenters. The van der Waals surface area contributed by atoms with E-state index in [4.69, 9.17) is 0 Å². The molecule has 9 aromatic carbocycles. The molecule has 0 fully saturated rings. The van der Waals surface area contributed by atoms with Gasteiger partial charge >= 0.3 is 0 Å². The average molecular weight is 706 g/mol. The Kier molecular flexibility index (Phi) is 8.09. The molecule has 54 heavy (non-hydrogen) atoms. The zero-order valence-corrected chi connectivity index (χ0v) is 30.4. The summed E-state index contributed by atoms with van der Waals surface area (Å²) in [7, 11) is 0. The van der Waals surface area contributed by atoms with Crippen molar-refractivity contribution in [1.29, 1.82) is 0 Å². The molecule has 0 amide bonds. The van der Waals surface area contributed by atoms with Crippen LogP contribution in [0.15, 0.2) is 212 Å². The molecular weight excluding hydrogens is 671 g/mol. The highest BCUT2D eigenvalue weighted by molar-refractivity contribution is 7.25. The quantitative estimate of drug-likeness (QED) is 0.160. The van der Waals surface area contributed by atoms with E-state index in [-0.39, 0.29) is 0 Å². The molecule has 254 valence electrons. The number of nitrogens with zero attached hydrogens (tertiary/aromatic N) is 1. The highest BCUT2D eigenvalue weighted by Gasteiger charge is 2.22. The van der Waals surface area contributed by atoms with E-state index < -0.39 is 0 Å². The molecule has 0 atom stereocenters. The summed E-state index contributed by atoms with van der Waals surface area (Å²) in [5, 5.41) is 5.13. The van der Waals surface area contributed by atoms with Crippen LogP contribution in [0.2, 0.25) is 0 Å². The van der Waals surface area contributed by atoms with Gasteiger partial charge < -0.3 is 4.90 Å². The van der Waals surface area contributed by atoms with E-state index in [0.29, 0.717) is 0 Å². The van der Waals surface area contributed by atoms with Gasteiger partial charge in [-0.2, -0.15) is 0 Å². The maximum atomic E-state index is 2.45. The number of benzene rings is 9. The smallest absolute Gasteiger partial charge is 0.0540 e. The highest BCUT2D eigenvalue weighted by Crippen LogP contribution is 2.48. The largest absolute Gasteiger partial charge is 0.309 e. The fourth-order valence-electron chi connectivity index (χ4n) is 7.98. The van der Waals surface area contributed by atoms with Crippen molar-refractivity contribution in [1.82, 2.24) is 0 Å². The van der Waals surface area contributed by atoms with Crippen LogP contribution in [0.1, 0.15) is 0 Å². The molecule has 1 aromatic heterocycles. The number of fused-ring (bicyclic) bond motifs is 4. The van der Waals surface area contributed by atoms with Crippen LogP contribution in [0.25, 0.3) is 75.5 Å². The second-order valence-corrected chi connectivity index (χ2v) is 14.8. The Hall–Kier alpha value is -6.74. The normalized spacial score (nSPS) is 11.3. The van der Waals surface area contributed by atoms with Crippen LogP contribution < -0.4 is 4.90 Å².